The van der Waals surface area contributed by atoms with Crippen molar-refractivity contribution in [3.8, 4) is 0 Å². The van der Waals surface area contributed by atoms with Gasteiger partial charge in [0.1, 0.15) is 6.10 Å². The lowest BCUT2D eigenvalue weighted by Gasteiger charge is -2.63. The summed E-state index contributed by atoms with van der Waals surface area (Å²) in [5.41, 5.74) is -6.56. The molecule has 3 saturated carbocycles. The molecule has 0 bridgehead atoms. The molecule has 30 heavy (non-hydrogen) atoms. The maximum Gasteiger partial charge on any atom is 0.190 e. The molecule has 0 aromatic heterocycles. The van der Waals surface area contributed by atoms with E-state index in [1.165, 1.54) is 6.08 Å². The van der Waals surface area contributed by atoms with Gasteiger partial charge in [-0.1, -0.05) is 26.8 Å². The van der Waals surface area contributed by atoms with Gasteiger partial charge in [-0.3, -0.25) is 4.79 Å². The van der Waals surface area contributed by atoms with Crippen LogP contribution in [-0.2, 0) is 14.3 Å². The Hall–Kier alpha value is -0.830. The summed E-state index contributed by atoms with van der Waals surface area (Å²) in [7, 11) is 0. The van der Waals surface area contributed by atoms with E-state index in [-0.39, 0.29) is 5.92 Å². The minimum Gasteiger partial charge on any atom is -0.390 e. The summed E-state index contributed by atoms with van der Waals surface area (Å²) in [5.74, 6) is -3.79. The fourth-order valence-electron chi connectivity index (χ4n) is 7.63. The number of rotatable bonds is 0. The highest BCUT2D eigenvalue weighted by atomic mass is 16.7. The minimum absolute atomic E-state index is 0.129. The summed E-state index contributed by atoms with van der Waals surface area (Å²) >= 11 is 0. The van der Waals surface area contributed by atoms with Crippen molar-refractivity contribution in [1.82, 2.24) is 0 Å². The number of carbonyl (C=O) groups excluding carboxylic acids is 1. The summed E-state index contributed by atoms with van der Waals surface area (Å²) in [6.45, 7) is 10.9. The Balaban J connectivity index is 1.77. The standard InChI is InChI=1S/C23H34O7/c1-11-16(25)20(6,26)18(2,3)15-12-9-21(12)10-29-19(4,5)30-17(21)23(28)13(22(11,15)27)7-8-14(23)24/h7-8,11-13,15-17,25-28H,9-10H2,1-6H3/t11-,12+,13+,15+,16-,17?,20-,21-,22+,23-/m1/s1. The largest absolute Gasteiger partial charge is 0.390 e. The van der Waals surface area contributed by atoms with Crippen molar-refractivity contribution in [1.29, 1.82) is 0 Å². The molecule has 4 fully saturated rings. The van der Waals surface area contributed by atoms with E-state index in [9.17, 15) is 25.2 Å². The second-order valence-corrected chi connectivity index (χ2v) is 11.7. The van der Waals surface area contributed by atoms with E-state index in [0.717, 1.165) is 0 Å². The molecule has 0 amide bonds. The van der Waals surface area contributed by atoms with Gasteiger partial charge in [0.25, 0.3) is 0 Å². The van der Waals surface area contributed by atoms with Crippen LogP contribution in [0.3, 0.4) is 0 Å². The summed E-state index contributed by atoms with van der Waals surface area (Å²) in [6, 6.07) is 0. The molecule has 1 unspecified atom stereocenters. The number of carbonyl (C=O) groups is 1. The summed E-state index contributed by atoms with van der Waals surface area (Å²) < 4.78 is 12.2. The lowest BCUT2D eigenvalue weighted by molar-refractivity contribution is -0.332. The fourth-order valence-corrected chi connectivity index (χ4v) is 7.63. The molecule has 10 atom stereocenters. The van der Waals surface area contributed by atoms with Crippen molar-refractivity contribution >= 4 is 5.78 Å². The number of aliphatic hydroxyl groups is 4. The van der Waals surface area contributed by atoms with Gasteiger partial charge in [-0.15, -0.1) is 0 Å². The Bertz CT molecular complexity index is 846. The van der Waals surface area contributed by atoms with Gasteiger partial charge in [0.15, 0.2) is 17.2 Å². The molecule has 1 saturated heterocycles. The van der Waals surface area contributed by atoms with Crippen molar-refractivity contribution in [2.24, 2.45) is 34.5 Å². The number of hydrogen-bond acceptors (Lipinski definition) is 7. The van der Waals surface area contributed by atoms with Crippen LogP contribution in [0, 0.1) is 34.5 Å². The molecule has 7 nitrogen and oxygen atoms in total. The van der Waals surface area contributed by atoms with Crippen LogP contribution < -0.4 is 0 Å². The number of ether oxygens (including phenoxy) is 2. The normalized spacial score (nSPS) is 60.1. The SMILES string of the molecule is C[C@@H]1[C@@H](O)[C@@](C)(O)C(C)(C)[C@@H]2[C@@H]3C[C@@]34COC(C)(C)OC4[C@]3(O)C(=O)C=C[C@H]3[C@@]12O. The molecule has 4 aliphatic carbocycles. The maximum atomic E-state index is 13.1. The Morgan fingerprint density at radius 1 is 1.10 bits per heavy atom. The molecule has 5 aliphatic rings. The Kier molecular flexibility index (Phi) is 3.77. The topological polar surface area (TPSA) is 116 Å². The molecule has 168 valence electrons. The summed E-state index contributed by atoms with van der Waals surface area (Å²) in [5, 5.41) is 46.8. The van der Waals surface area contributed by atoms with Crippen LogP contribution in [0.1, 0.15) is 48.0 Å². The van der Waals surface area contributed by atoms with Crippen molar-refractivity contribution < 1.29 is 34.7 Å². The predicted molar refractivity (Wildman–Crippen MR) is 106 cm³/mol. The van der Waals surface area contributed by atoms with Crippen LogP contribution in [0.25, 0.3) is 0 Å². The molecule has 4 N–H and O–H groups in total. The van der Waals surface area contributed by atoms with E-state index in [0.29, 0.717) is 13.0 Å². The quantitative estimate of drug-likeness (QED) is 0.456. The zero-order valence-electron chi connectivity index (χ0n) is 18.5. The van der Waals surface area contributed by atoms with E-state index in [4.69, 9.17) is 9.47 Å². The van der Waals surface area contributed by atoms with Crippen LogP contribution in [-0.4, -0.2) is 67.6 Å². The smallest absolute Gasteiger partial charge is 0.190 e. The molecule has 0 aromatic carbocycles. The molecule has 1 heterocycles. The van der Waals surface area contributed by atoms with E-state index in [1.807, 2.05) is 13.8 Å². The first kappa shape index (κ1) is 21.0. The summed E-state index contributed by atoms with van der Waals surface area (Å²) in [6.07, 6.45) is 1.46. The molecular weight excluding hydrogens is 388 g/mol. The fraction of sp³-hybridized carbons (Fsp3) is 0.870. The first-order chi connectivity index (χ1) is 13.6. The van der Waals surface area contributed by atoms with E-state index in [2.05, 4.69) is 0 Å². The highest BCUT2D eigenvalue weighted by Gasteiger charge is 2.84. The Morgan fingerprint density at radius 2 is 1.73 bits per heavy atom. The average Bonchev–Trinajstić information content (AvgIpc) is 3.25. The first-order valence-electron chi connectivity index (χ1n) is 11.0. The van der Waals surface area contributed by atoms with Crippen LogP contribution >= 0.6 is 0 Å². The van der Waals surface area contributed by atoms with Gasteiger partial charge in [0.2, 0.25) is 0 Å². The number of hydrogen-bond donors (Lipinski definition) is 4. The van der Waals surface area contributed by atoms with Crippen LogP contribution in [0.2, 0.25) is 0 Å². The predicted octanol–water partition coefficient (Wildman–Crippen LogP) is 0.779. The van der Waals surface area contributed by atoms with Gasteiger partial charge < -0.3 is 29.9 Å². The second kappa shape index (κ2) is 5.38. The van der Waals surface area contributed by atoms with Crippen LogP contribution in [0.5, 0.6) is 0 Å². The van der Waals surface area contributed by atoms with E-state index in [1.54, 1.807) is 33.8 Å². The second-order valence-electron chi connectivity index (χ2n) is 11.7. The Morgan fingerprint density at radius 3 is 2.37 bits per heavy atom. The highest BCUT2D eigenvalue weighted by molar-refractivity contribution is 6.01. The third kappa shape index (κ3) is 2.01. The van der Waals surface area contributed by atoms with Crippen molar-refractivity contribution in [2.45, 2.75) is 82.8 Å². The average molecular weight is 423 g/mol. The van der Waals surface area contributed by atoms with Crippen molar-refractivity contribution in [2.75, 3.05) is 6.61 Å². The van der Waals surface area contributed by atoms with Gasteiger partial charge in [0.05, 0.1) is 23.9 Å². The lowest BCUT2D eigenvalue weighted by Crippen LogP contribution is -2.75. The van der Waals surface area contributed by atoms with Gasteiger partial charge in [-0.25, -0.2) is 0 Å². The maximum absolute atomic E-state index is 13.1. The number of ketones is 1. The Labute approximate surface area is 177 Å². The number of aliphatic hydroxyl groups excluding tert-OH is 1. The van der Waals surface area contributed by atoms with Gasteiger partial charge >= 0.3 is 0 Å². The zero-order valence-corrected chi connectivity index (χ0v) is 18.5. The third-order valence-electron chi connectivity index (χ3n) is 9.76. The van der Waals surface area contributed by atoms with Crippen molar-refractivity contribution in [3.05, 3.63) is 12.2 Å². The molecule has 1 spiro atoms. The van der Waals surface area contributed by atoms with Crippen LogP contribution in [0.4, 0.5) is 0 Å². The molecular formula is C23H34O7. The van der Waals surface area contributed by atoms with Crippen LogP contribution in [0.15, 0.2) is 12.2 Å². The molecule has 7 heteroatoms. The number of fused-ring (bicyclic) bond motifs is 5. The highest BCUT2D eigenvalue weighted by Crippen LogP contribution is 2.76. The molecule has 0 aromatic rings. The zero-order chi connectivity index (χ0) is 22.3. The van der Waals surface area contributed by atoms with Crippen molar-refractivity contribution in [3.63, 3.8) is 0 Å². The van der Waals surface area contributed by atoms with Gasteiger partial charge in [-0.2, -0.15) is 0 Å². The third-order valence-corrected chi connectivity index (χ3v) is 9.76. The first-order valence-corrected chi connectivity index (χ1v) is 11.0. The minimum atomic E-state index is -1.95. The monoisotopic (exact) mass is 422 g/mol. The van der Waals surface area contributed by atoms with Gasteiger partial charge in [-0.05, 0) is 39.2 Å². The molecule has 1 aliphatic heterocycles. The van der Waals surface area contributed by atoms with Gasteiger partial charge in [0, 0.05) is 28.6 Å². The molecule has 0 radical (unpaired) electrons. The molecule has 5 rings (SSSR count). The van der Waals surface area contributed by atoms with E-state index < -0.39 is 69.2 Å². The van der Waals surface area contributed by atoms with E-state index >= 15 is 0 Å². The summed E-state index contributed by atoms with van der Waals surface area (Å²) in [4.78, 5) is 13.1. The lowest BCUT2D eigenvalue weighted by atomic mass is 9.46.